The van der Waals surface area contributed by atoms with E-state index in [-0.39, 0.29) is 5.91 Å². The number of carbonyl (C=O) groups excluding carboxylic acids is 1. The number of nitrogens with zero attached hydrogens (tertiary/aromatic N) is 2. The van der Waals surface area contributed by atoms with Gasteiger partial charge in [-0.3, -0.25) is 9.78 Å². The highest BCUT2D eigenvalue weighted by Crippen LogP contribution is 2.23. The van der Waals surface area contributed by atoms with Crippen molar-refractivity contribution in [2.45, 2.75) is 0 Å². The summed E-state index contributed by atoms with van der Waals surface area (Å²) in [6.45, 7) is 0. The maximum absolute atomic E-state index is 11.8. The van der Waals surface area contributed by atoms with Gasteiger partial charge < -0.3 is 4.42 Å². The van der Waals surface area contributed by atoms with Crippen LogP contribution in [0.4, 0.5) is 0 Å². The fourth-order valence-electron chi connectivity index (χ4n) is 1.91. The number of amides is 1. The molecular weight excluding hydrogens is 358 g/mol. The summed E-state index contributed by atoms with van der Waals surface area (Å²) >= 11 is 3.39. The van der Waals surface area contributed by atoms with Crippen LogP contribution in [-0.2, 0) is 0 Å². The molecule has 1 N–H and O–H groups in total. The van der Waals surface area contributed by atoms with Crippen molar-refractivity contribution in [3.8, 4) is 11.3 Å². The number of furan rings is 1. The summed E-state index contributed by atoms with van der Waals surface area (Å²) in [6, 6.07) is 14.7. The SMILES string of the molecule is O=C(NN=Cc1ccc(-c2ccc(Br)cc2)o1)c1ccncc1. The van der Waals surface area contributed by atoms with E-state index in [1.54, 1.807) is 30.6 Å². The molecule has 5 nitrogen and oxygen atoms in total. The Morgan fingerprint density at radius 3 is 2.57 bits per heavy atom. The number of carbonyl (C=O) groups is 1. The second kappa shape index (κ2) is 7.02. The van der Waals surface area contributed by atoms with E-state index in [0.717, 1.165) is 15.8 Å². The van der Waals surface area contributed by atoms with Gasteiger partial charge in [0.2, 0.25) is 0 Å². The molecule has 2 aromatic heterocycles. The lowest BCUT2D eigenvalue weighted by Gasteiger charge is -1.98. The molecule has 0 aliphatic heterocycles. The standard InChI is InChI=1S/C17H12BrN3O2/c18-14-3-1-12(2-4-14)16-6-5-15(23-16)11-20-21-17(22)13-7-9-19-10-8-13/h1-11H,(H,21,22). The minimum atomic E-state index is -0.302. The van der Waals surface area contributed by atoms with Crippen molar-refractivity contribution < 1.29 is 9.21 Å². The Balaban J connectivity index is 1.65. The molecule has 23 heavy (non-hydrogen) atoms. The fraction of sp³-hybridized carbons (Fsp3) is 0. The molecule has 0 unspecified atom stereocenters. The first-order valence-corrected chi connectivity index (χ1v) is 7.61. The largest absolute Gasteiger partial charge is 0.455 e. The van der Waals surface area contributed by atoms with E-state index in [0.29, 0.717) is 11.3 Å². The summed E-state index contributed by atoms with van der Waals surface area (Å²) in [5, 5.41) is 3.89. The number of halogens is 1. The molecular formula is C17H12BrN3O2. The first-order valence-electron chi connectivity index (χ1n) is 6.81. The lowest BCUT2D eigenvalue weighted by Crippen LogP contribution is -2.17. The lowest BCUT2D eigenvalue weighted by molar-refractivity contribution is 0.0955. The molecule has 1 amide bonds. The van der Waals surface area contributed by atoms with Gasteiger partial charge in [-0.05, 0) is 36.4 Å². The van der Waals surface area contributed by atoms with Gasteiger partial charge in [0.15, 0.2) is 0 Å². The number of aromatic nitrogens is 1. The Morgan fingerprint density at radius 2 is 1.83 bits per heavy atom. The molecule has 6 heteroatoms. The van der Waals surface area contributed by atoms with Crippen molar-refractivity contribution in [2.75, 3.05) is 0 Å². The molecule has 0 radical (unpaired) electrons. The highest BCUT2D eigenvalue weighted by molar-refractivity contribution is 9.10. The Labute approximate surface area is 141 Å². The van der Waals surface area contributed by atoms with Crippen LogP contribution in [0.15, 0.2) is 74.9 Å². The van der Waals surface area contributed by atoms with Crippen molar-refractivity contribution in [1.82, 2.24) is 10.4 Å². The van der Waals surface area contributed by atoms with E-state index in [4.69, 9.17) is 4.42 Å². The Morgan fingerprint density at radius 1 is 1.09 bits per heavy atom. The molecule has 0 saturated carbocycles. The summed E-state index contributed by atoms with van der Waals surface area (Å²) in [4.78, 5) is 15.7. The number of hydrazone groups is 1. The predicted molar refractivity (Wildman–Crippen MR) is 91.1 cm³/mol. The number of pyridine rings is 1. The maximum atomic E-state index is 11.8. The van der Waals surface area contributed by atoms with Gasteiger partial charge in [-0.1, -0.05) is 28.1 Å². The Hall–Kier alpha value is -2.73. The molecule has 3 rings (SSSR count). The third-order valence-electron chi connectivity index (χ3n) is 3.06. The highest BCUT2D eigenvalue weighted by atomic mass is 79.9. The number of benzene rings is 1. The van der Waals surface area contributed by atoms with Gasteiger partial charge in [-0.2, -0.15) is 5.10 Å². The molecule has 0 bridgehead atoms. The molecule has 114 valence electrons. The average Bonchev–Trinajstić information content (AvgIpc) is 3.05. The monoisotopic (exact) mass is 369 g/mol. The van der Waals surface area contributed by atoms with Gasteiger partial charge in [0, 0.05) is 28.0 Å². The lowest BCUT2D eigenvalue weighted by atomic mass is 10.2. The number of hydrogen-bond acceptors (Lipinski definition) is 4. The van der Waals surface area contributed by atoms with E-state index >= 15 is 0 Å². The minimum absolute atomic E-state index is 0.302. The first-order chi connectivity index (χ1) is 11.2. The molecule has 3 aromatic rings. The van der Waals surface area contributed by atoms with Crippen LogP contribution in [0.2, 0.25) is 0 Å². The Kier molecular flexibility index (Phi) is 4.63. The van der Waals surface area contributed by atoms with Crippen LogP contribution in [0.25, 0.3) is 11.3 Å². The molecule has 2 heterocycles. The van der Waals surface area contributed by atoms with Crippen molar-refractivity contribution >= 4 is 28.1 Å². The van der Waals surface area contributed by atoms with Crippen molar-refractivity contribution in [3.05, 3.63) is 76.7 Å². The van der Waals surface area contributed by atoms with Crippen molar-refractivity contribution in [1.29, 1.82) is 0 Å². The van der Waals surface area contributed by atoms with Gasteiger partial charge in [0.05, 0.1) is 6.21 Å². The van der Waals surface area contributed by atoms with E-state index in [1.165, 1.54) is 6.21 Å². The second-order valence-corrected chi connectivity index (χ2v) is 5.56. The van der Waals surface area contributed by atoms with E-state index < -0.39 is 0 Å². The van der Waals surface area contributed by atoms with Crippen molar-refractivity contribution in [2.24, 2.45) is 5.10 Å². The molecule has 0 aliphatic carbocycles. The number of rotatable bonds is 4. The van der Waals surface area contributed by atoms with E-state index in [1.807, 2.05) is 30.3 Å². The summed E-state index contributed by atoms with van der Waals surface area (Å²) in [5.41, 5.74) is 3.90. The quantitative estimate of drug-likeness (QED) is 0.560. The number of hydrogen-bond donors (Lipinski definition) is 1. The van der Waals surface area contributed by atoms with Crippen LogP contribution < -0.4 is 5.43 Å². The molecule has 0 saturated heterocycles. The van der Waals surface area contributed by atoms with Gasteiger partial charge >= 0.3 is 0 Å². The summed E-state index contributed by atoms with van der Waals surface area (Å²) in [6.07, 6.45) is 4.56. The molecule has 0 spiro atoms. The second-order valence-electron chi connectivity index (χ2n) is 4.64. The van der Waals surface area contributed by atoms with Crippen LogP contribution in [0.3, 0.4) is 0 Å². The first kappa shape index (κ1) is 15.2. The van der Waals surface area contributed by atoms with Gasteiger partial charge in [0.1, 0.15) is 11.5 Å². The summed E-state index contributed by atoms with van der Waals surface area (Å²) in [5.74, 6) is 0.987. The van der Waals surface area contributed by atoms with E-state index in [2.05, 4.69) is 31.4 Å². The van der Waals surface area contributed by atoms with E-state index in [9.17, 15) is 4.79 Å². The van der Waals surface area contributed by atoms with Crippen LogP contribution in [0, 0.1) is 0 Å². The topological polar surface area (TPSA) is 67.5 Å². The summed E-state index contributed by atoms with van der Waals surface area (Å²) in [7, 11) is 0. The molecule has 1 aromatic carbocycles. The third-order valence-corrected chi connectivity index (χ3v) is 3.58. The Bertz CT molecular complexity index is 827. The van der Waals surface area contributed by atoms with Crippen LogP contribution in [0.1, 0.15) is 16.1 Å². The third kappa shape index (κ3) is 3.92. The van der Waals surface area contributed by atoms with Crippen LogP contribution in [-0.4, -0.2) is 17.1 Å². The number of nitrogens with one attached hydrogen (secondary N) is 1. The van der Waals surface area contributed by atoms with Gasteiger partial charge in [-0.25, -0.2) is 5.43 Å². The summed E-state index contributed by atoms with van der Waals surface area (Å²) < 4.78 is 6.68. The van der Waals surface area contributed by atoms with Crippen LogP contribution in [0.5, 0.6) is 0 Å². The molecule has 0 atom stereocenters. The van der Waals surface area contributed by atoms with Crippen LogP contribution >= 0.6 is 15.9 Å². The molecule has 0 aliphatic rings. The highest BCUT2D eigenvalue weighted by Gasteiger charge is 2.04. The maximum Gasteiger partial charge on any atom is 0.271 e. The van der Waals surface area contributed by atoms with Gasteiger partial charge in [-0.15, -0.1) is 0 Å². The normalized spacial score (nSPS) is 10.8. The minimum Gasteiger partial charge on any atom is -0.455 e. The zero-order valence-corrected chi connectivity index (χ0v) is 13.5. The zero-order valence-electron chi connectivity index (χ0n) is 11.9. The van der Waals surface area contributed by atoms with Crippen molar-refractivity contribution in [3.63, 3.8) is 0 Å². The fourth-order valence-corrected chi connectivity index (χ4v) is 2.18. The average molecular weight is 370 g/mol. The van der Waals surface area contributed by atoms with Gasteiger partial charge in [0.25, 0.3) is 5.91 Å². The zero-order chi connectivity index (χ0) is 16.1. The smallest absolute Gasteiger partial charge is 0.271 e. The molecule has 0 fully saturated rings. The predicted octanol–water partition coefficient (Wildman–Crippen LogP) is 3.87.